The average molecular weight is 209 g/mol. The summed E-state index contributed by atoms with van der Waals surface area (Å²) in [4.78, 5) is 0. The van der Waals surface area contributed by atoms with Crippen molar-refractivity contribution in [2.75, 3.05) is 11.9 Å². The van der Waals surface area contributed by atoms with Crippen LogP contribution < -0.4 is 5.32 Å². The molecular formula is C10H19N5. The molecule has 0 aliphatic heterocycles. The molecule has 1 fully saturated rings. The maximum atomic E-state index is 3.90. The van der Waals surface area contributed by atoms with E-state index in [-0.39, 0.29) is 0 Å². The molecule has 1 aromatic rings. The fourth-order valence-corrected chi connectivity index (χ4v) is 2.42. The minimum Gasteiger partial charge on any atom is -0.353 e. The lowest BCUT2D eigenvalue weighted by Crippen LogP contribution is -2.11. The first-order chi connectivity index (χ1) is 6.87. The summed E-state index contributed by atoms with van der Waals surface area (Å²) in [6.07, 6.45) is 0. The molecule has 2 rings (SSSR count). The molecular weight excluding hydrogens is 190 g/mol. The van der Waals surface area contributed by atoms with Gasteiger partial charge in [-0.3, -0.25) is 0 Å². The van der Waals surface area contributed by atoms with Crippen molar-refractivity contribution in [2.45, 2.75) is 27.7 Å². The van der Waals surface area contributed by atoms with Crippen molar-refractivity contribution in [3.63, 3.8) is 0 Å². The van der Waals surface area contributed by atoms with Gasteiger partial charge in [0.15, 0.2) is 0 Å². The molecule has 0 aromatic carbocycles. The van der Waals surface area contributed by atoms with E-state index >= 15 is 0 Å². The van der Waals surface area contributed by atoms with Crippen molar-refractivity contribution in [1.82, 2.24) is 20.2 Å². The number of nitrogens with zero attached hydrogens (tertiary/aromatic N) is 4. The molecule has 1 saturated carbocycles. The number of nitrogens with one attached hydrogen (secondary N) is 1. The van der Waals surface area contributed by atoms with E-state index in [2.05, 4.69) is 48.5 Å². The van der Waals surface area contributed by atoms with Gasteiger partial charge in [0.05, 0.1) is 0 Å². The SMILES string of the molecule is Cn1nnnc1NCC1C(C)(C)C1(C)C. The van der Waals surface area contributed by atoms with Crippen molar-refractivity contribution in [2.24, 2.45) is 23.8 Å². The zero-order valence-electron chi connectivity index (χ0n) is 10.1. The molecule has 84 valence electrons. The molecule has 0 radical (unpaired) electrons. The fraction of sp³-hybridized carbons (Fsp3) is 0.900. The smallest absolute Gasteiger partial charge is 0.242 e. The van der Waals surface area contributed by atoms with Gasteiger partial charge >= 0.3 is 0 Å². The molecule has 0 spiro atoms. The molecule has 0 unspecified atom stereocenters. The van der Waals surface area contributed by atoms with E-state index in [1.165, 1.54) is 0 Å². The Labute approximate surface area is 90.2 Å². The Morgan fingerprint density at radius 1 is 1.27 bits per heavy atom. The van der Waals surface area contributed by atoms with Crippen molar-refractivity contribution in [1.29, 1.82) is 0 Å². The second kappa shape index (κ2) is 2.93. The third-order valence-electron chi connectivity index (χ3n) is 4.40. The van der Waals surface area contributed by atoms with Crippen LogP contribution in [0.5, 0.6) is 0 Å². The highest BCUT2D eigenvalue weighted by molar-refractivity contribution is 5.25. The van der Waals surface area contributed by atoms with E-state index in [0.717, 1.165) is 12.5 Å². The monoisotopic (exact) mass is 209 g/mol. The second-order valence-electron chi connectivity index (χ2n) is 5.50. The molecule has 1 aromatic heterocycles. The molecule has 1 aliphatic rings. The van der Waals surface area contributed by atoms with Gasteiger partial charge in [-0.05, 0) is 27.2 Å². The highest BCUT2D eigenvalue weighted by Gasteiger charge is 2.64. The highest BCUT2D eigenvalue weighted by Crippen LogP contribution is 2.68. The molecule has 1 heterocycles. The molecule has 0 bridgehead atoms. The lowest BCUT2D eigenvalue weighted by molar-refractivity contribution is 0.457. The Morgan fingerprint density at radius 2 is 1.87 bits per heavy atom. The summed E-state index contributed by atoms with van der Waals surface area (Å²) in [5.41, 5.74) is 0.818. The van der Waals surface area contributed by atoms with E-state index in [1.54, 1.807) is 4.68 Å². The van der Waals surface area contributed by atoms with Crippen LogP contribution in [0.3, 0.4) is 0 Å². The number of hydrogen-bond donors (Lipinski definition) is 1. The predicted octanol–water partition coefficient (Wildman–Crippen LogP) is 1.30. The molecule has 0 amide bonds. The zero-order valence-corrected chi connectivity index (χ0v) is 10.1. The Bertz CT molecular complexity index is 352. The van der Waals surface area contributed by atoms with Crippen molar-refractivity contribution < 1.29 is 0 Å². The molecule has 0 atom stereocenters. The summed E-state index contributed by atoms with van der Waals surface area (Å²) in [5, 5.41) is 14.6. The summed E-state index contributed by atoms with van der Waals surface area (Å²) in [6, 6.07) is 0. The van der Waals surface area contributed by atoms with Gasteiger partial charge in [-0.1, -0.05) is 32.8 Å². The van der Waals surface area contributed by atoms with E-state index in [4.69, 9.17) is 0 Å². The normalized spacial score (nSPS) is 22.7. The maximum absolute atomic E-state index is 3.90. The van der Waals surface area contributed by atoms with Crippen LogP contribution in [0.4, 0.5) is 5.95 Å². The van der Waals surface area contributed by atoms with Crippen molar-refractivity contribution >= 4 is 5.95 Å². The van der Waals surface area contributed by atoms with Gasteiger partial charge in [-0.2, -0.15) is 0 Å². The Hall–Kier alpha value is -1.13. The topological polar surface area (TPSA) is 55.6 Å². The van der Waals surface area contributed by atoms with Crippen LogP contribution in [-0.2, 0) is 7.05 Å². The summed E-state index contributed by atoms with van der Waals surface area (Å²) in [6.45, 7) is 10.2. The summed E-state index contributed by atoms with van der Waals surface area (Å²) in [5.74, 6) is 1.43. The predicted molar refractivity (Wildman–Crippen MR) is 58.3 cm³/mol. The molecule has 15 heavy (non-hydrogen) atoms. The molecule has 5 heteroatoms. The van der Waals surface area contributed by atoms with Crippen LogP contribution in [0.15, 0.2) is 0 Å². The quantitative estimate of drug-likeness (QED) is 0.815. The van der Waals surface area contributed by atoms with Crippen LogP contribution in [-0.4, -0.2) is 26.8 Å². The van der Waals surface area contributed by atoms with E-state index in [0.29, 0.717) is 16.7 Å². The van der Waals surface area contributed by atoms with Gasteiger partial charge < -0.3 is 5.32 Å². The number of aryl methyl sites for hydroxylation is 1. The van der Waals surface area contributed by atoms with E-state index in [9.17, 15) is 0 Å². The van der Waals surface area contributed by atoms with Gasteiger partial charge in [0.1, 0.15) is 0 Å². The van der Waals surface area contributed by atoms with Crippen molar-refractivity contribution in [3.05, 3.63) is 0 Å². The van der Waals surface area contributed by atoms with E-state index in [1.807, 2.05) is 7.05 Å². The Kier molecular flexibility index (Phi) is 2.03. The van der Waals surface area contributed by atoms with E-state index < -0.39 is 0 Å². The van der Waals surface area contributed by atoms with Gasteiger partial charge in [0.2, 0.25) is 5.95 Å². The third kappa shape index (κ3) is 1.41. The number of anilines is 1. The number of rotatable bonds is 3. The van der Waals surface area contributed by atoms with Crippen LogP contribution in [0.25, 0.3) is 0 Å². The largest absolute Gasteiger partial charge is 0.353 e. The van der Waals surface area contributed by atoms with Crippen LogP contribution in [0.1, 0.15) is 27.7 Å². The van der Waals surface area contributed by atoms with Gasteiger partial charge in [0, 0.05) is 13.6 Å². The Balaban J connectivity index is 1.94. The zero-order chi connectivity index (χ0) is 11.3. The lowest BCUT2D eigenvalue weighted by Gasteiger charge is -2.04. The number of tetrazole rings is 1. The number of hydrogen-bond acceptors (Lipinski definition) is 4. The first-order valence-corrected chi connectivity index (χ1v) is 5.33. The first kappa shape index (κ1) is 10.4. The summed E-state index contributed by atoms with van der Waals surface area (Å²) < 4.78 is 1.66. The van der Waals surface area contributed by atoms with Crippen LogP contribution >= 0.6 is 0 Å². The minimum absolute atomic E-state index is 0.409. The Morgan fingerprint density at radius 3 is 2.27 bits per heavy atom. The standard InChI is InChI=1S/C10H19N5/c1-9(2)7(10(9,3)4)6-11-8-12-13-14-15(8)5/h7H,6H2,1-5H3,(H,11,12,14). The molecule has 0 saturated heterocycles. The minimum atomic E-state index is 0.409. The average Bonchev–Trinajstić information content (AvgIpc) is 2.49. The van der Waals surface area contributed by atoms with Gasteiger partial charge in [0.25, 0.3) is 0 Å². The second-order valence-corrected chi connectivity index (χ2v) is 5.50. The van der Waals surface area contributed by atoms with Crippen molar-refractivity contribution in [3.8, 4) is 0 Å². The molecule has 5 nitrogen and oxygen atoms in total. The summed E-state index contributed by atoms with van der Waals surface area (Å²) in [7, 11) is 1.84. The van der Waals surface area contributed by atoms with Gasteiger partial charge in [-0.25, -0.2) is 4.68 Å². The maximum Gasteiger partial charge on any atom is 0.242 e. The first-order valence-electron chi connectivity index (χ1n) is 5.33. The number of aromatic nitrogens is 4. The lowest BCUT2D eigenvalue weighted by atomic mass is 10.0. The molecule has 1 N–H and O–H groups in total. The van der Waals surface area contributed by atoms with Gasteiger partial charge in [-0.15, -0.1) is 0 Å². The van der Waals surface area contributed by atoms with Crippen LogP contribution in [0, 0.1) is 16.7 Å². The highest BCUT2D eigenvalue weighted by atomic mass is 15.6. The van der Waals surface area contributed by atoms with Crippen LogP contribution in [0.2, 0.25) is 0 Å². The fourth-order valence-electron chi connectivity index (χ4n) is 2.42. The molecule has 1 aliphatic carbocycles. The third-order valence-corrected chi connectivity index (χ3v) is 4.40. The summed E-state index contributed by atoms with van der Waals surface area (Å²) >= 11 is 0.